The average molecular weight is 795 g/mol. The fraction of sp³-hybridized carbons (Fsp3) is 0.561. The predicted molar refractivity (Wildman–Crippen MR) is 223 cm³/mol. The van der Waals surface area contributed by atoms with Crippen molar-refractivity contribution >= 4 is 64.3 Å². The first-order valence-corrected chi connectivity index (χ1v) is 20.4. The molecule has 0 bridgehead atoms. The zero-order chi connectivity index (χ0) is 41.3. The highest BCUT2D eigenvalue weighted by molar-refractivity contribution is 7.13. The molecule has 0 spiro atoms. The number of aryl methyl sites for hydroxylation is 1. The van der Waals surface area contributed by atoms with Crippen LogP contribution < -0.4 is 32.7 Å². The number of thiophene rings is 1. The van der Waals surface area contributed by atoms with E-state index in [0.717, 1.165) is 53.1 Å². The van der Waals surface area contributed by atoms with Crippen molar-refractivity contribution in [3.05, 3.63) is 51.2 Å². The first-order valence-electron chi connectivity index (χ1n) is 19.6. The predicted octanol–water partition coefficient (Wildman–Crippen LogP) is 5.38. The lowest BCUT2D eigenvalue weighted by molar-refractivity contribution is -0.127. The van der Waals surface area contributed by atoms with Crippen LogP contribution in [0.1, 0.15) is 102 Å². The fourth-order valence-corrected chi connectivity index (χ4v) is 6.90. The number of nitrogens with two attached hydrogens (primary N) is 2. The molecule has 3 rings (SSSR count). The normalized spacial score (nSPS) is 13.1. The lowest BCUT2D eigenvalue weighted by Crippen LogP contribution is -2.46. The quantitative estimate of drug-likeness (QED) is 0.0902. The Kier molecular flexibility index (Phi) is 18.5. The number of anilines is 1. The number of hydrogen-bond acceptors (Lipinski definition) is 10. The summed E-state index contributed by atoms with van der Waals surface area (Å²) in [5.41, 5.74) is 14.7. The van der Waals surface area contributed by atoms with Gasteiger partial charge in [0.2, 0.25) is 23.6 Å². The summed E-state index contributed by atoms with van der Waals surface area (Å²) >= 11 is 1.62. The van der Waals surface area contributed by atoms with Gasteiger partial charge < -0.3 is 42.4 Å². The molecule has 15 heteroatoms. The number of nitrogens with zero attached hydrogens (tertiary/aromatic N) is 2. The van der Waals surface area contributed by atoms with E-state index in [0.29, 0.717) is 56.1 Å². The van der Waals surface area contributed by atoms with Crippen molar-refractivity contribution in [2.45, 2.75) is 106 Å². The van der Waals surface area contributed by atoms with Gasteiger partial charge in [0, 0.05) is 55.2 Å². The van der Waals surface area contributed by atoms with Crippen LogP contribution in [-0.2, 0) is 36.9 Å². The van der Waals surface area contributed by atoms with Gasteiger partial charge in [-0.3, -0.25) is 19.2 Å². The molecule has 5 amide bonds. The summed E-state index contributed by atoms with van der Waals surface area (Å²) in [6.07, 6.45) is 7.11. The Morgan fingerprint density at radius 3 is 2.34 bits per heavy atom. The van der Waals surface area contributed by atoms with Gasteiger partial charge in [-0.05, 0) is 73.3 Å². The van der Waals surface area contributed by atoms with E-state index < -0.39 is 12.1 Å². The van der Waals surface area contributed by atoms with E-state index in [-0.39, 0.29) is 54.5 Å². The number of amides is 5. The minimum atomic E-state index is -0.677. The van der Waals surface area contributed by atoms with Gasteiger partial charge in [-0.25, -0.2) is 9.79 Å². The minimum Gasteiger partial charge on any atom is -0.445 e. The van der Waals surface area contributed by atoms with Gasteiger partial charge in [-0.2, -0.15) is 0 Å². The molecule has 56 heavy (non-hydrogen) atoms. The molecule has 308 valence electrons. The highest BCUT2D eigenvalue weighted by Crippen LogP contribution is 2.35. The second kappa shape index (κ2) is 22.7. The number of carbonyl (C=O) groups is 5. The summed E-state index contributed by atoms with van der Waals surface area (Å²) in [5.74, 6) is -0.408. The summed E-state index contributed by atoms with van der Waals surface area (Å²) in [5, 5.41) is 11.0. The summed E-state index contributed by atoms with van der Waals surface area (Å²) in [6, 6.07) is 8.25. The third-order valence-corrected chi connectivity index (χ3v) is 9.96. The molecule has 0 saturated carbocycles. The van der Waals surface area contributed by atoms with Crippen LogP contribution in [0.15, 0.2) is 40.9 Å². The van der Waals surface area contributed by atoms with Crippen LogP contribution in [0.3, 0.4) is 0 Å². The van der Waals surface area contributed by atoms with Gasteiger partial charge in [-0.1, -0.05) is 60.1 Å². The van der Waals surface area contributed by atoms with Crippen molar-refractivity contribution in [1.82, 2.24) is 20.9 Å². The van der Waals surface area contributed by atoms with Crippen LogP contribution in [0.2, 0.25) is 0 Å². The van der Waals surface area contributed by atoms with Crippen LogP contribution >= 0.6 is 11.3 Å². The number of rotatable bonds is 21. The number of carbonyl (C=O) groups excluding carboxylic acids is 5. The molecule has 1 aliphatic heterocycles. The Morgan fingerprint density at radius 1 is 0.946 bits per heavy atom. The van der Waals surface area contributed by atoms with Gasteiger partial charge >= 0.3 is 6.09 Å². The molecule has 0 radical (unpaired) electrons. The molecule has 1 aromatic heterocycles. The zero-order valence-electron chi connectivity index (χ0n) is 33.9. The van der Waals surface area contributed by atoms with Gasteiger partial charge in [0.1, 0.15) is 12.4 Å². The van der Waals surface area contributed by atoms with Crippen molar-refractivity contribution in [2.75, 3.05) is 38.0 Å². The van der Waals surface area contributed by atoms with Crippen molar-refractivity contribution in [2.24, 2.45) is 27.8 Å². The molecule has 1 aliphatic rings. The number of alkyl carbamates (subject to hydrolysis) is 1. The number of ether oxygens (including phenoxy) is 1. The van der Waals surface area contributed by atoms with Crippen molar-refractivity contribution < 1.29 is 28.7 Å². The van der Waals surface area contributed by atoms with Gasteiger partial charge in [-0.15, -0.1) is 11.3 Å². The summed E-state index contributed by atoms with van der Waals surface area (Å²) in [6.45, 7) is 13.9. The highest BCUT2D eigenvalue weighted by Gasteiger charge is 2.23. The first kappa shape index (κ1) is 45.6. The lowest BCUT2D eigenvalue weighted by Gasteiger charge is -2.24. The number of aliphatic imine (C=N–C) groups is 1. The van der Waals surface area contributed by atoms with Crippen LogP contribution in [0.25, 0.3) is 6.08 Å². The highest BCUT2D eigenvalue weighted by atomic mass is 32.1. The molecule has 0 aliphatic carbocycles. The third-order valence-electron chi connectivity index (χ3n) is 8.83. The zero-order valence-corrected chi connectivity index (χ0v) is 34.7. The Morgan fingerprint density at radius 2 is 1.66 bits per heavy atom. The number of nitrogens with one attached hydrogen (secondary N) is 4. The molecule has 2 aromatic rings. The van der Waals surface area contributed by atoms with E-state index >= 15 is 0 Å². The lowest BCUT2D eigenvalue weighted by atomic mass is 9.92. The molecule has 0 fully saturated rings. The van der Waals surface area contributed by atoms with E-state index in [1.165, 1.54) is 0 Å². The van der Waals surface area contributed by atoms with E-state index in [4.69, 9.17) is 16.2 Å². The van der Waals surface area contributed by atoms with Gasteiger partial charge in [0.25, 0.3) is 0 Å². The van der Waals surface area contributed by atoms with Gasteiger partial charge in [0.15, 0.2) is 0 Å². The molecule has 8 N–H and O–H groups in total. The smallest absolute Gasteiger partial charge is 0.407 e. The molecular formula is C41H62N8O6S. The van der Waals surface area contributed by atoms with Crippen LogP contribution in [0, 0.1) is 11.3 Å². The number of amidine groups is 1. The molecule has 0 saturated heterocycles. The van der Waals surface area contributed by atoms with E-state index in [9.17, 15) is 24.0 Å². The Balaban J connectivity index is 1.37. The van der Waals surface area contributed by atoms with Crippen LogP contribution in [0.4, 0.5) is 16.2 Å². The van der Waals surface area contributed by atoms with Crippen LogP contribution in [-0.4, -0.2) is 79.2 Å². The molecule has 1 atom stereocenters. The summed E-state index contributed by atoms with van der Waals surface area (Å²) in [7, 11) is 0. The van der Waals surface area contributed by atoms with Crippen molar-refractivity contribution in [3.8, 4) is 0 Å². The van der Waals surface area contributed by atoms with E-state index in [2.05, 4.69) is 26.3 Å². The standard InChI is InChI=1S/C41H62N8O6S/c1-7-19-49(20-11-18-44-35(50)24-41(4,5)6)39(53)29-21-33-32(48-34(42)22-29)23-31(56-33)12-9-8-10-17-45-40(54)55-26-28-13-15-30(16-14-28)47-36(51)25-46-38(52)37(43)27(2)3/h13-16,21,23,27,37H,7-12,17-20,22,24-26,43H2,1-6H3,(H2,42,48)(H,44,50)(H,45,54)(H,46,52)(H,47,51)/t37-/m0/s1. The molecule has 14 nitrogen and oxygen atoms in total. The maximum Gasteiger partial charge on any atom is 0.407 e. The SMILES string of the molecule is CCCN(CCCNC(=O)CC(C)(C)C)C(=O)C1=Cc2sc(CCCCCNC(=O)OCc3ccc(NC(=O)CNC(=O)[C@@H](N)C(C)C)cc3)cc2N=C(N)C1. The number of hydrogen-bond donors (Lipinski definition) is 6. The Hall–Kier alpha value is -4.76. The van der Waals surface area contributed by atoms with Gasteiger partial charge in [0.05, 0.1) is 23.2 Å². The third kappa shape index (κ3) is 16.5. The summed E-state index contributed by atoms with van der Waals surface area (Å²) < 4.78 is 5.33. The minimum absolute atomic E-state index is 0.0240. The number of benzene rings is 1. The average Bonchev–Trinajstić information content (AvgIpc) is 3.43. The summed E-state index contributed by atoms with van der Waals surface area (Å²) in [4.78, 5) is 70.8. The van der Waals surface area contributed by atoms with Crippen molar-refractivity contribution in [1.29, 1.82) is 0 Å². The maximum absolute atomic E-state index is 13.7. The largest absolute Gasteiger partial charge is 0.445 e. The fourth-order valence-electron chi connectivity index (χ4n) is 5.80. The van der Waals surface area contributed by atoms with E-state index in [1.54, 1.807) is 35.6 Å². The molecule has 0 unspecified atom stereocenters. The second-order valence-corrected chi connectivity index (χ2v) is 16.9. The number of fused-ring (bicyclic) bond motifs is 1. The molecule has 2 heterocycles. The first-order chi connectivity index (χ1) is 26.5. The molecule has 1 aromatic carbocycles. The van der Waals surface area contributed by atoms with Crippen molar-refractivity contribution in [3.63, 3.8) is 0 Å². The molecular weight excluding hydrogens is 733 g/mol. The topological polar surface area (TPSA) is 210 Å². The second-order valence-electron chi connectivity index (χ2n) is 15.7. The number of unbranched alkanes of at least 4 members (excludes halogenated alkanes) is 2. The maximum atomic E-state index is 13.7. The van der Waals surface area contributed by atoms with E-state index in [1.807, 2.05) is 58.6 Å². The monoisotopic (exact) mass is 794 g/mol. The Labute approximate surface area is 335 Å². The Bertz CT molecular complexity index is 1700. The van der Waals surface area contributed by atoms with Crippen LogP contribution in [0.5, 0.6) is 0 Å².